The number of nitrogens with zero attached hydrogens (tertiary/aromatic N) is 1. The zero-order valence-electron chi connectivity index (χ0n) is 8.07. The highest BCUT2D eigenvalue weighted by atomic mass is 19.1. The summed E-state index contributed by atoms with van der Waals surface area (Å²) in [4.78, 5) is 0. The van der Waals surface area contributed by atoms with Crippen LogP contribution < -0.4 is 0 Å². The standard InChI is InChI=1S/C11H10FNO2/c12-10-2-1-8(4-13)9(3-10)5-15-11-6-14-7-11/h1-3,11H,5-7H2. The third kappa shape index (κ3) is 2.32. The summed E-state index contributed by atoms with van der Waals surface area (Å²) >= 11 is 0. The van der Waals surface area contributed by atoms with Crippen LogP contribution in [0.4, 0.5) is 4.39 Å². The van der Waals surface area contributed by atoms with Crippen LogP contribution >= 0.6 is 0 Å². The first kappa shape index (κ1) is 10.1. The Labute approximate surface area is 87.0 Å². The van der Waals surface area contributed by atoms with E-state index in [-0.39, 0.29) is 18.5 Å². The molecule has 0 N–H and O–H groups in total. The lowest BCUT2D eigenvalue weighted by Crippen LogP contribution is -2.35. The molecule has 0 aliphatic carbocycles. The van der Waals surface area contributed by atoms with Gasteiger partial charge in [-0.2, -0.15) is 5.26 Å². The van der Waals surface area contributed by atoms with E-state index >= 15 is 0 Å². The summed E-state index contributed by atoms with van der Waals surface area (Å²) in [5.41, 5.74) is 1.04. The lowest BCUT2D eigenvalue weighted by atomic mass is 10.1. The molecule has 1 heterocycles. The highest BCUT2D eigenvalue weighted by Gasteiger charge is 2.19. The Balaban J connectivity index is 2.05. The second-order valence-electron chi connectivity index (χ2n) is 3.38. The summed E-state index contributed by atoms with van der Waals surface area (Å²) in [5.74, 6) is -0.350. The van der Waals surface area contributed by atoms with Gasteiger partial charge in [-0.3, -0.25) is 0 Å². The minimum atomic E-state index is -0.350. The molecule has 0 unspecified atom stereocenters. The van der Waals surface area contributed by atoms with Gasteiger partial charge in [-0.25, -0.2) is 4.39 Å². The van der Waals surface area contributed by atoms with Crippen molar-refractivity contribution in [3.63, 3.8) is 0 Å². The molecule has 1 aliphatic heterocycles. The van der Waals surface area contributed by atoms with E-state index in [9.17, 15) is 4.39 Å². The van der Waals surface area contributed by atoms with Gasteiger partial charge in [0.2, 0.25) is 0 Å². The van der Waals surface area contributed by atoms with Gasteiger partial charge in [0.25, 0.3) is 0 Å². The van der Waals surface area contributed by atoms with Crippen LogP contribution in [-0.4, -0.2) is 19.3 Å². The zero-order valence-corrected chi connectivity index (χ0v) is 8.07. The van der Waals surface area contributed by atoms with Crippen molar-refractivity contribution in [3.05, 3.63) is 35.1 Å². The maximum Gasteiger partial charge on any atom is 0.123 e. The Morgan fingerprint density at radius 1 is 1.53 bits per heavy atom. The number of hydrogen-bond donors (Lipinski definition) is 0. The van der Waals surface area contributed by atoms with Crippen molar-refractivity contribution in [1.29, 1.82) is 5.26 Å². The van der Waals surface area contributed by atoms with E-state index in [4.69, 9.17) is 14.7 Å². The molecule has 0 aromatic heterocycles. The van der Waals surface area contributed by atoms with Crippen LogP contribution in [0.3, 0.4) is 0 Å². The summed E-state index contributed by atoms with van der Waals surface area (Å²) in [6.07, 6.45) is 0.0832. The van der Waals surface area contributed by atoms with Crippen LogP contribution in [0, 0.1) is 17.1 Å². The molecule has 1 aromatic rings. The van der Waals surface area contributed by atoms with Crippen LogP contribution in [0.2, 0.25) is 0 Å². The average molecular weight is 207 g/mol. The molecule has 1 aliphatic rings. The molecule has 0 bridgehead atoms. The van der Waals surface area contributed by atoms with Crippen molar-refractivity contribution in [2.75, 3.05) is 13.2 Å². The zero-order chi connectivity index (χ0) is 10.7. The van der Waals surface area contributed by atoms with Gasteiger partial charge in [-0.1, -0.05) is 0 Å². The molecule has 0 atom stereocenters. The molecule has 78 valence electrons. The smallest absolute Gasteiger partial charge is 0.123 e. The molecule has 0 spiro atoms. The van der Waals surface area contributed by atoms with Gasteiger partial charge in [0.05, 0.1) is 31.5 Å². The first-order valence-electron chi connectivity index (χ1n) is 4.67. The molecular weight excluding hydrogens is 197 g/mol. The van der Waals surface area contributed by atoms with Gasteiger partial charge >= 0.3 is 0 Å². The van der Waals surface area contributed by atoms with Crippen molar-refractivity contribution in [2.24, 2.45) is 0 Å². The van der Waals surface area contributed by atoms with Crippen molar-refractivity contribution in [3.8, 4) is 6.07 Å². The van der Waals surface area contributed by atoms with E-state index in [1.165, 1.54) is 18.2 Å². The maximum absolute atomic E-state index is 12.9. The van der Waals surface area contributed by atoms with E-state index in [1.807, 2.05) is 6.07 Å². The Bertz CT molecular complexity index is 396. The number of hydrogen-bond acceptors (Lipinski definition) is 3. The van der Waals surface area contributed by atoms with Crippen LogP contribution in [-0.2, 0) is 16.1 Å². The first-order valence-corrected chi connectivity index (χ1v) is 4.67. The molecule has 0 radical (unpaired) electrons. The third-order valence-corrected chi connectivity index (χ3v) is 2.27. The fourth-order valence-electron chi connectivity index (χ4n) is 1.31. The van der Waals surface area contributed by atoms with Crippen molar-refractivity contribution < 1.29 is 13.9 Å². The van der Waals surface area contributed by atoms with Crippen LogP contribution in [0.5, 0.6) is 0 Å². The van der Waals surface area contributed by atoms with Gasteiger partial charge in [0.1, 0.15) is 11.9 Å². The van der Waals surface area contributed by atoms with E-state index < -0.39 is 0 Å². The van der Waals surface area contributed by atoms with E-state index in [0.29, 0.717) is 24.3 Å². The number of benzene rings is 1. The highest BCUT2D eigenvalue weighted by molar-refractivity contribution is 5.37. The normalized spacial score (nSPS) is 15.7. The molecule has 1 fully saturated rings. The Morgan fingerprint density at radius 2 is 2.33 bits per heavy atom. The quantitative estimate of drug-likeness (QED) is 0.756. The predicted octanol–water partition coefficient (Wildman–Crippen LogP) is 1.61. The largest absolute Gasteiger partial charge is 0.376 e. The number of rotatable bonds is 3. The summed E-state index contributed by atoms with van der Waals surface area (Å²) in [6.45, 7) is 1.42. The second-order valence-corrected chi connectivity index (χ2v) is 3.38. The first-order chi connectivity index (χ1) is 7.29. The van der Waals surface area contributed by atoms with Crippen LogP contribution in [0.1, 0.15) is 11.1 Å². The third-order valence-electron chi connectivity index (χ3n) is 2.27. The summed E-state index contributed by atoms with van der Waals surface area (Å²) in [7, 11) is 0. The molecule has 15 heavy (non-hydrogen) atoms. The molecule has 1 aromatic carbocycles. The predicted molar refractivity (Wildman–Crippen MR) is 50.5 cm³/mol. The molecule has 3 nitrogen and oxygen atoms in total. The molecule has 1 saturated heterocycles. The van der Waals surface area contributed by atoms with E-state index in [0.717, 1.165) is 0 Å². The maximum atomic E-state index is 12.9. The van der Waals surface area contributed by atoms with Crippen molar-refractivity contribution >= 4 is 0 Å². The Kier molecular flexibility index (Phi) is 2.95. The van der Waals surface area contributed by atoms with Crippen LogP contribution in [0.25, 0.3) is 0 Å². The van der Waals surface area contributed by atoms with Crippen molar-refractivity contribution in [1.82, 2.24) is 0 Å². The van der Waals surface area contributed by atoms with E-state index in [1.54, 1.807) is 0 Å². The highest BCUT2D eigenvalue weighted by Crippen LogP contribution is 2.14. The Morgan fingerprint density at radius 3 is 2.93 bits per heavy atom. The van der Waals surface area contributed by atoms with Gasteiger partial charge < -0.3 is 9.47 Å². The number of nitriles is 1. The monoisotopic (exact) mass is 207 g/mol. The molecule has 0 saturated carbocycles. The van der Waals surface area contributed by atoms with E-state index in [2.05, 4.69) is 0 Å². The minimum absolute atomic E-state index is 0.0832. The summed E-state index contributed by atoms with van der Waals surface area (Å²) < 4.78 is 23.3. The number of ether oxygens (including phenoxy) is 2. The lowest BCUT2D eigenvalue weighted by molar-refractivity contribution is -0.135. The minimum Gasteiger partial charge on any atom is -0.376 e. The number of halogens is 1. The second kappa shape index (κ2) is 4.39. The fraction of sp³-hybridized carbons (Fsp3) is 0.364. The fourth-order valence-corrected chi connectivity index (χ4v) is 1.31. The molecule has 4 heteroatoms. The van der Waals surface area contributed by atoms with Crippen LogP contribution in [0.15, 0.2) is 18.2 Å². The topological polar surface area (TPSA) is 42.2 Å². The van der Waals surface area contributed by atoms with Gasteiger partial charge in [-0.05, 0) is 23.8 Å². The summed E-state index contributed by atoms with van der Waals surface area (Å²) in [6, 6.07) is 6.07. The lowest BCUT2D eigenvalue weighted by Gasteiger charge is -2.26. The van der Waals surface area contributed by atoms with Gasteiger partial charge in [0.15, 0.2) is 0 Å². The SMILES string of the molecule is N#Cc1ccc(F)cc1COC1COC1. The van der Waals surface area contributed by atoms with Gasteiger partial charge in [0, 0.05) is 0 Å². The average Bonchev–Trinajstić information content (AvgIpc) is 2.16. The Hall–Kier alpha value is -1.44. The molecule has 0 amide bonds. The van der Waals surface area contributed by atoms with Gasteiger partial charge in [-0.15, -0.1) is 0 Å². The molecular formula is C11H10FNO2. The van der Waals surface area contributed by atoms with Crippen molar-refractivity contribution in [2.45, 2.75) is 12.7 Å². The molecule has 2 rings (SSSR count). The summed E-state index contributed by atoms with van der Waals surface area (Å²) in [5, 5.41) is 8.79.